The molecule has 1 aromatic carbocycles. The summed E-state index contributed by atoms with van der Waals surface area (Å²) in [5, 5.41) is 10.1. The van der Waals surface area contributed by atoms with E-state index in [0.717, 1.165) is 6.07 Å². The number of hydrogen-bond donors (Lipinski definition) is 0. The fourth-order valence-electron chi connectivity index (χ4n) is 0.684. The number of nitro groups is 1. The van der Waals surface area contributed by atoms with Crippen molar-refractivity contribution < 1.29 is 9.31 Å². The smallest absolute Gasteiger partial charge is 0.258 e. The Kier molecular flexibility index (Phi) is 2.84. The highest BCUT2D eigenvalue weighted by molar-refractivity contribution is 14.1. The van der Waals surface area contributed by atoms with E-state index in [4.69, 9.17) is 11.6 Å². The minimum Gasteiger partial charge on any atom is -0.258 e. The van der Waals surface area contributed by atoms with E-state index in [1.807, 2.05) is 0 Å². The summed E-state index contributed by atoms with van der Waals surface area (Å²) in [6.45, 7) is 0. The van der Waals surface area contributed by atoms with Gasteiger partial charge in [-0.15, -0.1) is 0 Å². The second-order valence-corrected chi connectivity index (χ2v) is 3.49. The first-order valence-electron chi connectivity index (χ1n) is 2.82. The van der Waals surface area contributed by atoms with Crippen LogP contribution in [0.15, 0.2) is 12.1 Å². The maximum Gasteiger partial charge on any atom is 0.324 e. The van der Waals surface area contributed by atoms with Crippen molar-refractivity contribution in [3.8, 4) is 0 Å². The molecule has 12 heavy (non-hydrogen) atoms. The Balaban J connectivity index is 3.43. The zero-order valence-electron chi connectivity index (χ0n) is 5.55. The molecule has 3 nitrogen and oxygen atoms in total. The van der Waals surface area contributed by atoms with E-state index < -0.39 is 16.4 Å². The van der Waals surface area contributed by atoms with Crippen LogP contribution in [0.1, 0.15) is 0 Å². The first kappa shape index (κ1) is 9.66. The van der Waals surface area contributed by atoms with Gasteiger partial charge in [0.1, 0.15) is 5.02 Å². The molecular formula is C6H2ClFINO2. The summed E-state index contributed by atoms with van der Waals surface area (Å²) in [6.07, 6.45) is 0. The van der Waals surface area contributed by atoms with Crippen molar-refractivity contribution in [2.45, 2.75) is 0 Å². The minimum atomic E-state index is -0.912. The van der Waals surface area contributed by atoms with Crippen molar-refractivity contribution in [2.24, 2.45) is 0 Å². The Labute approximate surface area is 85.8 Å². The average molecular weight is 301 g/mol. The van der Waals surface area contributed by atoms with Crippen LogP contribution in [0, 0.1) is 19.5 Å². The molecule has 0 radical (unpaired) electrons. The number of hydrogen-bond acceptors (Lipinski definition) is 2. The summed E-state index contributed by atoms with van der Waals surface area (Å²) < 4.78 is 13.2. The van der Waals surface area contributed by atoms with E-state index in [2.05, 4.69) is 0 Å². The molecule has 0 saturated heterocycles. The van der Waals surface area contributed by atoms with Crippen LogP contribution in [0.3, 0.4) is 0 Å². The third-order valence-electron chi connectivity index (χ3n) is 1.20. The summed E-state index contributed by atoms with van der Waals surface area (Å²) in [5.41, 5.74) is -0.663. The quantitative estimate of drug-likeness (QED) is 0.346. The van der Waals surface area contributed by atoms with Gasteiger partial charge in [0.2, 0.25) is 5.82 Å². The van der Waals surface area contributed by atoms with E-state index >= 15 is 0 Å². The standard InChI is InChI=1S/C6H2ClFINO2/c7-5-4(9)2-1-3(8)6(5)10(11)12/h1-2H. The molecule has 0 aliphatic rings. The summed E-state index contributed by atoms with van der Waals surface area (Å²) in [4.78, 5) is 9.44. The van der Waals surface area contributed by atoms with Crippen molar-refractivity contribution in [1.29, 1.82) is 0 Å². The lowest BCUT2D eigenvalue weighted by Gasteiger charge is -1.97. The molecule has 0 aliphatic carbocycles. The van der Waals surface area contributed by atoms with Crippen molar-refractivity contribution in [3.05, 3.63) is 36.7 Å². The van der Waals surface area contributed by atoms with Gasteiger partial charge in [0.25, 0.3) is 0 Å². The highest BCUT2D eigenvalue weighted by atomic mass is 127. The van der Waals surface area contributed by atoms with Gasteiger partial charge in [-0.2, -0.15) is 4.39 Å². The second-order valence-electron chi connectivity index (χ2n) is 1.95. The van der Waals surface area contributed by atoms with Crippen LogP contribution < -0.4 is 0 Å². The second kappa shape index (κ2) is 3.53. The highest BCUT2D eigenvalue weighted by Gasteiger charge is 2.20. The third-order valence-corrected chi connectivity index (χ3v) is 2.80. The SMILES string of the molecule is O=[N+]([O-])c1c(F)ccc(I)c1Cl. The first-order chi connectivity index (χ1) is 5.54. The molecule has 0 aromatic heterocycles. The van der Waals surface area contributed by atoms with Crippen molar-refractivity contribution in [3.63, 3.8) is 0 Å². The van der Waals surface area contributed by atoms with E-state index in [-0.39, 0.29) is 5.02 Å². The molecule has 0 atom stereocenters. The zero-order valence-corrected chi connectivity index (χ0v) is 8.47. The molecule has 0 saturated carbocycles. The van der Waals surface area contributed by atoms with Crippen LogP contribution in [0.25, 0.3) is 0 Å². The Morgan fingerprint density at radius 1 is 1.58 bits per heavy atom. The third kappa shape index (κ3) is 1.66. The Morgan fingerprint density at radius 2 is 2.17 bits per heavy atom. The number of rotatable bonds is 1. The molecule has 0 unspecified atom stereocenters. The van der Waals surface area contributed by atoms with E-state index in [0.29, 0.717) is 3.57 Å². The summed E-state index contributed by atoms with van der Waals surface area (Å²) in [6, 6.07) is 2.40. The maximum atomic E-state index is 12.8. The van der Waals surface area contributed by atoms with Crippen LogP contribution in [-0.4, -0.2) is 4.92 Å². The summed E-state index contributed by atoms with van der Waals surface area (Å²) in [5.74, 6) is -0.912. The van der Waals surface area contributed by atoms with Gasteiger partial charge >= 0.3 is 5.69 Å². The fourth-order valence-corrected chi connectivity index (χ4v) is 1.34. The van der Waals surface area contributed by atoms with Crippen molar-refractivity contribution >= 4 is 39.9 Å². The first-order valence-corrected chi connectivity index (χ1v) is 4.27. The lowest BCUT2D eigenvalue weighted by Crippen LogP contribution is -1.94. The van der Waals surface area contributed by atoms with Crippen LogP contribution in [0.4, 0.5) is 10.1 Å². The molecule has 0 N–H and O–H groups in total. The normalized spacial score (nSPS) is 9.92. The molecule has 6 heteroatoms. The minimum absolute atomic E-state index is 0.152. The van der Waals surface area contributed by atoms with Crippen LogP contribution in [0.2, 0.25) is 5.02 Å². The van der Waals surface area contributed by atoms with Crippen molar-refractivity contribution in [1.82, 2.24) is 0 Å². The van der Waals surface area contributed by atoms with Gasteiger partial charge in [-0.3, -0.25) is 10.1 Å². The molecule has 0 amide bonds. The van der Waals surface area contributed by atoms with Gasteiger partial charge < -0.3 is 0 Å². The van der Waals surface area contributed by atoms with E-state index in [9.17, 15) is 14.5 Å². The number of halogens is 3. The average Bonchev–Trinajstić information content (AvgIpc) is 1.97. The van der Waals surface area contributed by atoms with Crippen molar-refractivity contribution in [2.75, 3.05) is 0 Å². The van der Waals surface area contributed by atoms with Crippen LogP contribution >= 0.6 is 34.2 Å². The van der Waals surface area contributed by atoms with Gasteiger partial charge in [0.05, 0.1) is 4.92 Å². The molecule has 0 heterocycles. The van der Waals surface area contributed by atoms with Crippen LogP contribution in [0.5, 0.6) is 0 Å². The Bertz CT molecular complexity index is 345. The van der Waals surface area contributed by atoms with E-state index in [1.165, 1.54) is 6.07 Å². The molecular weight excluding hydrogens is 299 g/mol. The molecule has 0 bridgehead atoms. The highest BCUT2D eigenvalue weighted by Crippen LogP contribution is 2.31. The Morgan fingerprint density at radius 3 is 2.58 bits per heavy atom. The summed E-state index contributed by atoms with van der Waals surface area (Å²) >= 11 is 7.30. The topological polar surface area (TPSA) is 43.1 Å². The maximum absolute atomic E-state index is 12.8. The predicted octanol–water partition coefficient (Wildman–Crippen LogP) is 2.99. The number of benzene rings is 1. The lowest BCUT2D eigenvalue weighted by molar-refractivity contribution is -0.387. The lowest BCUT2D eigenvalue weighted by atomic mass is 10.3. The number of nitro benzene ring substituents is 1. The van der Waals surface area contributed by atoms with Gasteiger partial charge in [0, 0.05) is 3.57 Å². The Hall–Kier alpha value is -0.430. The zero-order chi connectivity index (χ0) is 9.30. The van der Waals surface area contributed by atoms with Gasteiger partial charge in [-0.25, -0.2) is 0 Å². The largest absolute Gasteiger partial charge is 0.324 e. The van der Waals surface area contributed by atoms with Gasteiger partial charge in [-0.05, 0) is 34.7 Å². The van der Waals surface area contributed by atoms with Gasteiger partial charge in [-0.1, -0.05) is 11.6 Å². The van der Waals surface area contributed by atoms with Crippen LogP contribution in [-0.2, 0) is 0 Å². The number of nitrogens with zero attached hydrogens (tertiary/aromatic N) is 1. The summed E-state index contributed by atoms with van der Waals surface area (Å²) in [7, 11) is 0. The molecule has 0 aliphatic heterocycles. The monoisotopic (exact) mass is 301 g/mol. The molecule has 0 spiro atoms. The van der Waals surface area contributed by atoms with Gasteiger partial charge in [0.15, 0.2) is 0 Å². The molecule has 1 rings (SSSR count). The molecule has 0 fully saturated rings. The predicted molar refractivity (Wildman–Crippen MR) is 50.8 cm³/mol. The molecule has 1 aromatic rings. The van der Waals surface area contributed by atoms with E-state index in [1.54, 1.807) is 22.6 Å². The molecule has 64 valence electrons. The fraction of sp³-hybridized carbons (Fsp3) is 0.